The van der Waals surface area contributed by atoms with Crippen molar-refractivity contribution in [3.05, 3.63) is 70.4 Å². The molecule has 3 aromatic rings. The van der Waals surface area contributed by atoms with Crippen LogP contribution in [0.25, 0.3) is 16.9 Å². The summed E-state index contributed by atoms with van der Waals surface area (Å²) in [5.41, 5.74) is 0.531. The number of nitro groups is 1. The zero-order valence-corrected chi connectivity index (χ0v) is 14.7. The lowest BCUT2D eigenvalue weighted by molar-refractivity contribution is -0.384. The molecule has 27 heavy (non-hydrogen) atoms. The molecule has 0 aliphatic rings. The number of hydrogen-bond acceptors (Lipinski definition) is 5. The molecule has 3 rings (SSSR count). The summed E-state index contributed by atoms with van der Waals surface area (Å²) in [4.78, 5) is 10.3. The highest BCUT2D eigenvalue weighted by Crippen LogP contribution is 2.29. The number of aromatic nitrogens is 2. The Morgan fingerprint density at radius 1 is 1.07 bits per heavy atom. The van der Waals surface area contributed by atoms with Gasteiger partial charge in [0.15, 0.2) is 9.84 Å². The average molecular weight is 393 g/mol. The molecule has 0 saturated heterocycles. The van der Waals surface area contributed by atoms with Crippen molar-refractivity contribution >= 4 is 15.5 Å². The fourth-order valence-electron chi connectivity index (χ4n) is 2.50. The summed E-state index contributed by atoms with van der Waals surface area (Å²) in [6.45, 7) is 0. The van der Waals surface area contributed by atoms with Crippen molar-refractivity contribution in [3.8, 4) is 16.9 Å². The SMILES string of the molecule is CS(=O)(=O)c1ccc(-c2cc(C(F)F)nn2-c2ccc([N+](=O)[O-])cc2)cc1. The van der Waals surface area contributed by atoms with Crippen LogP contribution in [0.3, 0.4) is 0 Å². The van der Waals surface area contributed by atoms with E-state index in [-0.39, 0.29) is 10.6 Å². The van der Waals surface area contributed by atoms with E-state index in [4.69, 9.17) is 0 Å². The van der Waals surface area contributed by atoms with Gasteiger partial charge in [0.2, 0.25) is 0 Å². The monoisotopic (exact) mass is 393 g/mol. The molecule has 0 atom stereocenters. The van der Waals surface area contributed by atoms with Crippen LogP contribution in [-0.4, -0.2) is 29.4 Å². The van der Waals surface area contributed by atoms with Crippen molar-refractivity contribution < 1.29 is 22.1 Å². The van der Waals surface area contributed by atoms with Crippen molar-refractivity contribution in [1.29, 1.82) is 0 Å². The van der Waals surface area contributed by atoms with Gasteiger partial charge in [0.1, 0.15) is 5.69 Å². The highest BCUT2D eigenvalue weighted by Gasteiger charge is 2.19. The highest BCUT2D eigenvalue weighted by molar-refractivity contribution is 7.90. The standard InChI is InChI=1S/C17H13F2N3O4S/c1-27(25,26)14-8-2-11(3-9-14)16-10-15(17(18)19)20-21(16)12-4-6-13(7-5-12)22(23)24/h2-10,17H,1H3. The van der Waals surface area contributed by atoms with E-state index in [0.717, 1.165) is 6.26 Å². The molecule has 7 nitrogen and oxygen atoms in total. The molecule has 1 aromatic heterocycles. The first-order chi connectivity index (χ1) is 12.7. The lowest BCUT2D eigenvalue weighted by Gasteiger charge is -2.08. The zero-order valence-electron chi connectivity index (χ0n) is 13.9. The molecule has 10 heteroatoms. The molecule has 0 fully saturated rings. The Morgan fingerprint density at radius 3 is 2.15 bits per heavy atom. The van der Waals surface area contributed by atoms with Crippen molar-refractivity contribution in [1.82, 2.24) is 9.78 Å². The number of halogens is 2. The maximum Gasteiger partial charge on any atom is 0.282 e. The summed E-state index contributed by atoms with van der Waals surface area (Å²) in [6.07, 6.45) is -1.74. The molecule has 140 valence electrons. The summed E-state index contributed by atoms with van der Waals surface area (Å²) < 4.78 is 50.7. The number of sulfone groups is 1. The van der Waals surface area contributed by atoms with Crippen molar-refractivity contribution in [2.45, 2.75) is 11.3 Å². The molecule has 0 unspecified atom stereocenters. The number of rotatable bonds is 5. The zero-order chi connectivity index (χ0) is 19.8. The number of nitro benzene ring substituents is 1. The second-order valence-corrected chi connectivity index (χ2v) is 7.75. The number of hydrogen-bond donors (Lipinski definition) is 0. The van der Waals surface area contributed by atoms with E-state index in [1.54, 1.807) is 0 Å². The first-order valence-corrected chi connectivity index (χ1v) is 9.49. The topological polar surface area (TPSA) is 95.1 Å². The number of nitrogens with zero attached hydrogens (tertiary/aromatic N) is 3. The Morgan fingerprint density at radius 2 is 1.67 bits per heavy atom. The summed E-state index contributed by atoms with van der Waals surface area (Å²) in [5, 5.41) is 14.7. The molecule has 0 spiro atoms. The van der Waals surface area contributed by atoms with Gasteiger partial charge in [-0.1, -0.05) is 12.1 Å². The van der Waals surface area contributed by atoms with E-state index in [0.29, 0.717) is 16.9 Å². The van der Waals surface area contributed by atoms with Gasteiger partial charge in [-0.05, 0) is 30.3 Å². The average Bonchev–Trinajstić information content (AvgIpc) is 3.07. The molecule has 0 bridgehead atoms. The van der Waals surface area contributed by atoms with Gasteiger partial charge in [-0.25, -0.2) is 21.9 Å². The quantitative estimate of drug-likeness (QED) is 0.485. The third kappa shape index (κ3) is 3.85. The van der Waals surface area contributed by atoms with Crippen LogP contribution in [0.5, 0.6) is 0 Å². The molecule has 0 N–H and O–H groups in total. The molecular formula is C17H13F2N3O4S. The largest absolute Gasteiger partial charge is 0.282 e. The number of benzene rings is 2. The minimum absolute atomic E-state index is 0.0988. The maximum absolute atomic E-state index is 13.1. The molecule has 0 amide bonds. The molecule has 1 heterocycles. The third-order valence-corrected chi connectivity index (χ3v) is 4.96. The van der Waals surface area contributed by atoms with Crippen molar-refractivity contribution in [3.63, 3.8) is 0 Å². The van der Waals surface area contributed by atoms with Crippen molar-refractivity contribution in [2.24, 2.45) is 0 Å². The van der Waals surface area contributed by atoms with E-state index in [1.807, 2.05) is 0 Å². The Balaban J connectivity index is 2.11. The summed E-state index contributed by atoms with van der Waals surface area (Å²) in [6, 6.07) is 12.2. The van der Waals surface area contributed by atoms with Gasteiger partial charge in [0.05, 0.1) is 21.2 Å². The molecule has 0 saturated carbocycles. The summed E-state index contributed by atoms with van der Waals surface area (Å²) >= 11 is 0. The van der Waals surface area contributed by atoms with Crippen LogP contribution >= 0.6 is 0 Å². The predicted octanol–water partition coefficient (Wildman–Crippen LogP) is 3.79. The van der Waals surface area contributed by atoms with E-state index in [9.17, 15) is 27.3 Å². The molecule has 0 aliphatic carbocycles. The molecular weight excluding hydrogens is 380 g/mol. The first kappa shape index (κ1) is 18.6. The Hall–Kier alpha value is -3.14. The van der Waals surface area contributed by atoms with Gasteiger partial charge >= 0.3 is 0 Å². The first-order valence-electron chi connectivity index (χ1n) is 7.60. The third-order valence-electron chi connectivity index (χ3n) is 3.84. The molecule has 0 radical (unpaired) electrons. The van der Waals surface area contributed by atoms with Gasteiger partial charge in [-0.3, -0.25) is 10.1 Å². The fraction of sp³-hybridized carbons (Fsp3) is 0.118. The summed E-state index contributed by atoms with van der Waals surface area (Å²) in [7, 11) is -3.39. The van der Waals surface area contributed by atoms with Crippen LogP contribution in [0.2, 0.25) is 0 Å². The van der Waals surface area contributed by atoms with Gasteiger partial charge in [-0.15, -0.1) is 0 Å². The summed E-state index contributed by atoms with van der Waals surface area (Å²) in [5.74, 6) is 0. The van der Waals surface area contributed by atoms with Gasteiger partial charge in [-0.2, -0.15) is 5.10 Å². The van der Waals surface area contributed by atoms with E-state index < -0.39 is 26.9 Å². The second kappa shape index (κ2) is 6.88. The smallest absolute Gasteiger partial charge is 0.258 e. The molecule has 0 aliphatic heterocycles. The minimum Gasteiger partial charge on any atom is -0.258 e. The van der Waals surface area contributed by atoms with Crippen LogP contribution in [0.1, 0.15) is 12.1 Å². The van der Waals surface area contributed by atoms with Crippen LogP contribution < -0.4 is 0 Å². The van der Waals surface area contributed by atoms with Gasteiger partial charge in [0, 0.05) is 24.0 Å². The lowest BCUT2D eigenvalue weighted by Crippen LogP contribution is -2.01. The predicted molar refractivity (Wildman–Crippen MR) is 93.7 cm³/mol. The minimum atomic E-state index is -3.39. The van der Waals surface area contributed by atoms with E-state index in [2.05, 4.69) is 5.10 Å². The highest BCUT2D eigenvalue weighted by atomic mass is 32.2. The fourth-order valence-corrected chi connectivity index (χ4v) is 3.13. The normalized spacial score (nSPS) is 11.7. The lowest BCUT2D eigenvalue weighted by atomic mass is 10.1. The van der Waals surface area contributed by atoms with E-state index in [1.165, 1.54) is 59.3 Å². The number of non-ortho nitro benzene ring substituents is 1. The molecule has 2 aromatic carbocycles. The maximum atomic E-state index is 13.1. The number of alkyl halides is 2. The van der Waals surface area contributed by atoms with E-state index >= 15 is 0 Å². The van der Waals surface area contributed by atoms with Crippen LogP contribution in [0, 0.1) is 10.1 Å². The second-order valence-electron chi connectivity index (χ2n) is 5.74. The van der Waals surface area contributed by atoms with Crippen molar-refractivity contribution in [2.75, 3.05) is 6.26 Å². The van der Waals surface area contributed by atoms with Gasteiger partial charge in [0.25, 0.3) is 12.1 Å². The van der Waals surface area contributed by atoms with Crippen LogP contribution in [-0.2, 0) is 9.84 Å². The Kier molecular flexibility index (Phi) is 4.75. The van der Waals surface area contributed by atoms with Crippen LogP contribution in [0.4, 0.5) is 14.5 Å². The Labute approximate surface area is 152 Å². The Bertz CT molecular complexity index is 1090. The van der Waals surface area contributed by atoms with Gasteiger partial charge < -0.3 is 0 Å². The van der Waals surface area contributed by atoms with Crippen LogP contribution in [0.15, 0.2) is 59.5 Å².